The number of carbonyl (C=O) groups excluding carboxylic acids is 1. The first-order chi connectivity index (χ1) is 12.0. The predicted molar refractivity (Wildman–Crippen MR) is 95.7 cm³/mol. The summed E-state index contributed by atoms with van der Waals surface area (Å²) in [6, 6.07) is 8.04. The van der Waals surface area contributed by atoms with Gasteiger partial charge in [0.05, 0.1) is 19.0 Å². The maximum Gasteiger partial charge on any atom is 0.339 e. The molecule has 0 unspecified atom stereocenters. The number of pyridine rings is 1. The van der Waals surface area contributed by atoms with Crippen LogP contribution in [0.1, 0.15) is 34.6 Å². The Morgan fingerprint density at radius 1 is 1.20 bits per heavy atom. The predicted octanol–water partition coefficient (Wildman–Crippen LogP) is 2.89. The highest BCUT2D eigenvalue weighted by atomic mass is 16.5. The van der Waals surface area contributed by atoms with E-state index in [9.17, 15) is 14.7 Å². The molecule has 1 aromatic carbocycles. The molecule has 0 fully saturated rings. The summed E-state index contributed by atoms with van der Waals surface area (Å²) in [4.78, 5) is 29.9. The Labute approximate surface area is 146 Å². The van der Waals surface area contributed by atoms with Crippen LogP contribution in [0.4, 0.5) is 11.5 Å². The quantitative estimate of drug-likeness (QED) is 0.803. The molecule has 2 N–H and O–H groups in total. The fraction of sp³-hybridized carbons (Fsp3) is 0.278. The lowest BCUT2D eigenvalue weighted by Crippen LogP contribution is -2.25. The van der Waals surface area contributed by atoms with Crippen molar-refractivity contribution in [3.8, 4) is 5.75 Å². The maximum atomic E-state index is 12.3. The van der Waals surface area contributed by atoms with Crippen LogP contribution in [0.3, 0.4) is 0 Å². The van der Waals surface area contributed by atoms with Gasteiger partial charge in [-0.05, 0) is 44.2 Å². The Kier molecular flexibility index (Phi) is 5.94. The molecule has 2 rings (SSSR count). The molecule has 0 saturated carbocycles. The number of methoxy groups -OCH3 is 1. The van der Waals surface area contributed by atoms with Crippen LogP contribution >= 0.6 is 0 Å². The van der Waals surface area contributed by atoms with E-state index in [2.05, 4.69) is 10.3 Å². The summed E-state index contributed by atoms with van der Waals surface area (Å²) in [7, 11) is 1.55. The number of nitrogens with one attached hydrogen (secondary N) is 1. The van der Waals surface area contributed by atoms with Gasteiger partial charge < -0.3 is 20.1 Å². The average Bonchev–Trinajstić information content (AvgIpc) is 2.63. The summed E-state index contributed by atoms with van der Waals surface area (Å²) in [5.41, 5.74) is 0.816. The minimum atomic E-state index is -1.09. The van der Waals surface area contributed by atoms with Gasteiger partial charge in [-0.15, -0.1) is 0 Å². The SMILES string of the molecule is CCN(CC)c1ncc(NC(=O)c2ccc(OC)cc2)cc1C(=O)O. The van der Waals surface area contributed by atoms with Gasteiger partial charge in [0, 0.05) is 18.7 Å². The van der Waals surface area contributed by atoms with Crippen molar-refractivity contribution in [2.45, 2.75) is 13.8 Å². The fourth-order valence-corrected chi connectivity index (χ4v) is 2.40. The summed E-state index contributed by atoms with van der Waals surface area (Å²) in [6.45, 7) is 5.13. The standard InChI is InChI=1S/C18H21N3O4/c1-4-21(5-2)16-15(18(23)24)10-13(11-19-16)20-17(22)12-6-8-14(25-3)9-7-12/h6-11H,4-5H2,1-3H3,(H,20,22)(H,23,24). The van der Waals surface area contributed by atoms with Gasteiger partial charge in [0.25, 0.3) is 5.91 Å². The number of hydrogen-bond donors (Lipinski definition) is 2. The van der Waals surface area contributed by atoms with Crippen molar-refractivity contribution in [1.29, 1.82) is 0 Å². The normalized spacial score (nSPS) is 10.2. The number of amides is 1. The first kappa shape index (κ1) is 18.3. The number of aromatic carboxylic acids is 1. The van der Waals surface area contributed by atoms with Crippen molar-refractivity contribution >= 4 is 23.4 Å². The second-order valence-corrected chi connectivity index (χ2v) is 5.26. The molecule has 0 aliphatic carbocycles. The minimum absolute atomic E-state index is 0.0521. The Morgan fingerprint density at radius 2 is 1.84 bits per heavy atom. The van der Waals surface area contributed by atoms with Crippen LogP contribution in [0.2, 0.25) is 0 Å². The number of carboxylic acid groups (broad SMARTS) is 1. The molecule has 0 radical (unpaired) electrons. The van der Waals surface area contributed by atoms with Gasteiger partial charge in [0.15, 0.2) is 0 Å². The molecule has 0 saturated heterocycles. The van der Waals surface area contributed by atoms with E-state index < -0.39 is 5.97 Å². The summed E-state index contributed by atoms with van der Waals surface area (Å²) in [6.07, 6.45) is 1.46. The van der Waals surface area contributed by atoms with Gasteiger partial charge >= 0.3 is 5.97 Å². The van der Waals surface area contributed by atoms with E-state index >= 15 is 0 Å². The van der Waals surface area contributed by atoms with Crippen LogP contribution in [0.5, 0.6) is 5.75 Å². The molecule has 1 amide bonds. The Bertz CT molecular complexity index is 755. The summed E-state index contributed by atoms with van der Waals surface area (Å²) in [5, 5.41) is 12.1. The van der Waals surface area contributed by atoms with Gasteiger partial charge in [-0.3, -0.25) is 4.79 Å². The van der Waals surface area contributed by atoms with Crippen LogP contribution in [-0.2, 0) is 0 Å². The highest BCUT2D eigenvalue weighted by molar-refractivity contribution is 6.05. The zero-order chi connectivity index (χ0) is 18.4. The second-order valence-electron chi connectivity index (χ2n) is 5.26. The lowest BCUT2D eigenvalue weighted by molar-refractivity contribution is 0.0696. The van der Waals surface area contributed by atoms with Gasteiger partial charge in [-0.2, -0.15) is 0 Å². The molecule has 1 heterocycles. The number of carboxylic acids is 1. The first-order valence-electron chi connectivity index (χ1n) is 7.93. The van der Waals surface area contributed by atoms with E-state index in [1.165, 1.54) is 12.3 Å². The lowest BCUT2D eigenvalue weighted by Gasteiger charge is -2.21. The van der Waals surface area contributed by atoms with Gasteiger partial charge in [-0.1, -0.05) is 0 Å². The molecular weight excluding hydrogens is 322 g/mol. The van der Waals surface area contributed by atoms with E-state index in [1.807, 2.05) is 18.7 Å². The third kappa shape index (κ3) is 4.26. The number of carbonyl (C=O) groups is 2. The van der Waals surface area contributed by atoms with Crippen LogP contribution in [0, 0.1) is 0 Å². The van der Waals surface area contributed by atoms with E-state index in [1.54, 1.807) is 31.4 Å². The third-order valence-corrected chi connectivity index (χ3v) is 3.77. The van der Waals surface area contributed by atoms with Crippen molar-refractivity contribution in [2.75, 3.05) is 30.4 Å². The van der Waals surface area contributed by atoms with Crippen molar-refractivity contribution in [2.24, 2.45) is 0 Å². The molecule has 0 bridgehead atoms. The molecule has 0 atom stereocenters. The van der Waals surface area contributed by atoms with E-state index in [0.29, 0.717) is 35.9 Å². The summed E-state index contributed by atoms with van der Waals surface area (Å²) in [5.74, 6) is -0.402. The molecule has 132 valence electrons. The van der Waals surface area contributed by atoms with Crippen molar-refractivity contribution in [3.05, 3.63) is 47.7 Å². The minimum Gasteiger partial charge on any atom is -0.497 e. The average molecular weight is 343 g/mol. The van der Waals surface area contributed by atoms with Crippen molar-refractivity contribution in [1.82, 2.24) is 4.98 Å². The Hall–Kier alpha value is -3.09. The maximum absolute atomic E-state index is 12.3. The van der Waals surface area contributed by atoms with E-state index in [-0.39, 0.29) is 11.5 Å². The molecule has 0 aliphatic rings. The zero-order valence-electron chi connectivity index (χ0n) is 14.4. The summed E-state index contributed by atoms with van der Waals surface area (Å²) >= 11 is 0. The molecule has 7 heteroatoms. The highest BCUT2D eigenvalue weighted by Crippen LogP contribution is 2.22. The largest absolute Gasteiger partial charge is 0.497 e. The number of ether oxygens (including phenoxy) is 1. The lowest BCUT2D eigenvalue weighted by atomic mass is 10.2. The topological polar surface area (TPSA) is 91.8 Å². The van der Waals surface area contributed by atoms with Gasteiger partial charge in [0.2, 0.25) is 0 Å². The number of nitrogens with zero attached hydrogens (tertiary/aromatic N) is 2. The van der Waals surface area contributed by atoms with Crippen LogP contribution in [0.25, 0.3) is 0 Å². The highest BCUT2D eigenvalue weighted by Gasteiger charge is 2.17. The van der Waals surface area contributed by atoms with Gasteiger partial charge in [-0.25, -0.2) is 9.78 Å². The number of anilines is 2. The smallest absolute Gasteiger partial charge is 0.339 e. The fourth-order valence-electron chi connectivity index (χ4n) is 2.40. The summed E-state index contributed by atoms with van der Waals surface area (Å²) < 4.78 is 5.05. The molecule has 0 aliphatic heterocycles. The Balaban J connectivity index is 2.25. The monoisotopic (exact) mass is 343 g/mol. The van der Waals surface area contributed by atoms with E-state index in [0.717, 1.165) is 0 Å². The molecule has 7 nitrogen and oxygen atoms in total. The van der Waals surface area contributed by atoms with Crippen molar-refractivity contribution in [3.63, 3.8) is 0 Å². The first-order valence-corrected chi connectivity index (χ1v) is 7.93. The van der Waals surface area contributed by atoms with Crippen LogP contribution < -0.4 is 15.0 Å². The van der Waals surface area contributed by atoms with Crippen LogP contribution in [-0.4, -0.2) is 42.2 Å². The molecule has 0 spiro atoms. The molecular formula is C18H21N3O4. The number of benzene rings is 1. The number of aromatic nitrogens is 1. The van der Waals surface area contributed by atoms with Crippen molar-refractivity contribution < 1.29 is 19.4 Å². The number of hydrogen-bond acceptors (Lipinski definition) is 5. The second kappa shape index (κ2) is 8.14. The van der Waals surface area contributed by atoms with Crippen LogP contribution in [0.15, 0.2) is 36.5 Å². The number of rotatable bonds is 7. The zero-order valence-corrected chi connectivity index (χ0v) is 14.4. The molecule has 25 heavy (non-hydrogen) atoms. The van der Waals surface area contributed by atoms with E-state index in [4.69, 9.17) is 4.74 Å². The molecule has 1 aromatic heterocycles. The Morgan fingerprint density at radius 3 is 2.36 bits per heavy atom. The third-order valence-electron chi connectivity index (χ3n) is 3.77. The molecule has 2 aromatic rings. The van der Waals surface area contributed by atoms with Gasteiger partial charge in [0.1, 0.15) is 17.1 Å².